The molecule has 0 heterocycles. The van der Waals surface area contributed by atoms with Gasteiger partial charge in [-0.25, -0.2) is 5.43 Å². The van der Waals surface area contributed by atoms with Gasteiger partial charge < -0.3 is 10.2 Å². The molecule has 6 nitrogen and oxygen atoms in total. The fourth-order valence-electron chi connectivity index (χ4n) is 2.66. The topological polar surface area (TPSA) is 73.8 Å². The Labute approximate surface area is 180 Å². The number of hydrogen-bond donors (Lipinski definition) is 2. The number of benzene rings is 3. The molecule has 0 aliphatic rings. The maximum Gasteiger partial charge on any atom is 0.271 e. The minimum atomic E-state index is -0.304. The molecule has 0 bridgehead atoms. The van der Waals surface area contributed by atoms with Crippen molar-refractivity contribution < 1.29 is 9.59 Å². The summed E-state index contributed by atoms with van der Waals surface area (Å²) in [6.45, 7) is 0. The molecule has 3 aromatic rings. The Kier molecular flexibility index (Phi) is 6.83. The van der Waals surface area contributed by atoms with E-state index in [1.54, 1.807) is 54.6 Å². The minimum Gasteiger partial charge on any atom is -0.378 e. The highest BCUT2D eigenvalue weighted by molar-refractivity contribution is 6.30. The molecule has 7 heteroatoms. The first-order chi connectivity index (χ1) is 14.4. The standard InChI is InChI=1S/C23H21ClN4O2/c1-28(2)21-8-4-6-18(14-21)23(30)27-25-15-16-5-3-7-20(13-16)26-22(29)17-9-11-19(24)12-10-17/h3-15H,1-2H3,(H,26,29)(H,27,30)/b25-15+. The highest BCUT2D eigenvalue weighted by Gasteiger charge is 2.07. The second kappa shape index (κ2) is 9.71. The van der Waals surface area contributed by atoms with Crippen molar-refractivity contribution in [2.75, 3.05) is 24.3 Å². The zero-order valence-corrected chi connectivity index (χ0v) is 17.4. The van der Waals surface area contributed by atoms with Crippen molar-refractivity contribution in [2.24, 2.45) is 5.10 Å². The zero-order valence-electron chi connectivity index (χ0n) is 16.6. The van der Waals surface area contributed by atoms with Crippen molar-refractivity contribution in [3.8, 4) is 0 Å². The van der Waals surface area contributed by atoms with Gasteiger partial charge in [0.25, 0.3) is 11.8 Å². The van der Waals surface area contributed by atoms with Gasteiger partial charge in [-0.15, -0.1) is 0 Å². The summed E-state index contributed by atoms with van der Waals surface area (Å²) in [7, 11) is 3.82. The van der Waals surface area contributed by atoms with Gasteiger partial charge in [0.2, 0.25) is 0 Å². The number of rotatable bonds is 6. The van der Waals surface area contributed by atoms with Gasteiger partial charge in [0.05, 0.1) is 6.21 Å². The maximum absolute atomic E-state index is 12.3. The minimum absolute atomic E-state index is 0.241. The first kappa shape index (κ1) is 21.1. The van der Waals surface area contributed by atoms with E-state index in [2.05, 4.69) is 15.8 Å². The Hall–Kier alpha value is -3.64. The smallest absolute Gasteiger partial charge is 0.271 e. The quantitative estimate of drug-likeness (QED) is 0.458. The van der Waals surface area contributed by atoms with E-state index in [4.69, 9.17) is 11.6 Å². The molecule has 0 radical (unpaired) electrons. The van der Waals surface area contributed by atoms with Crippen LogP contribution in [0.25, 0.3) is 0 Å². The highest BCUT2D eigenvalue weighted by atomic mass is 35.5. The van der Waals surface area contributed by atoms with E-state index >= 15 is 0 Å². The van der Waals surface area contributed by atoms with E-state index in [1.165, 1.54) is 6.21 Å². The number of nitrogens with one attached hydrogen (secondary N) is 2. The fourth-order valence-corrected chi connectivity index (χ4v) is 2.78. The van der Waals surface area contributed by atoms with Gasteiger partial charge in [-0.1, -0.05) is 29.8 Å². The Morgan fingerprint density at radius 3 is 2.37 bits per heavy atom. The molecule has 0 spiro atoms. The first-order valence-electron chi connectivity index (χ1n) is 9.20. The van der Waals surface area contributed by atoms with Gasteiger partial charge in [0.1, 0.15) is 0 Å². The number of carbonyl (C=O) groups is 2. The predicted octanol–water partition coefficient (Wildman–Crippen LogP) is 4.42. The molecule has 152 valence electrons. The van der Waals surface area contributed by atoms with Crippen molar-refractivity contribution in [3.05, 3.63) is 94.5 Å². The molecule has 0 aromatic heterocycles. The molecule has 0 aliphatic carbocycles. The SMILES string of the molecule is CN(C)c1cccc(C(=O)N/N=C/c2cccc(NC(=O)c3ccc(Cl)cc3)c2)c1. The van der Waals surface area contributed by atoms with E-state index in [-0.39, 0.29) is 11.8 Å². The largest absolute Gasteiger partial charge is 0.378 e. The molecule has 3 aromatic carbocycles. The van der Waals surface area contributed by atoms with Gasteiger partial charge in [-0.05, 0) is 60.2 Å². The van der Waals surface area contributed by atoms with E-state index in [1.807, 2.05) is 37.2 Å². The van der Waals surface area contributed by atoms with Crippen LogP contribution in [0.15, 0.2) is 77.9 Å². The summed E-state index contributed by atoms with van der Waals surface area (Å²) in [4.78, 5) is 26.5. The lowest BCUT2D eigenvalue weighted by molar-refractivity contribution is 0.0954. The summed E-state index contributed by atoms with van der Waals surface area (Å²) in [6, 6.07) is 21.0. The third kappa shape index (κ3) is 5.68. The molecule has 3 rings (SSSR count). The Morgan fingerprint density at radius 1 is 0.900 bits per heavy atom. The average Bonchev–Trinajstić information content (AvgIpc) is 2.74. The van der Waals surface area contributed by atoms with Gasteiger partial charge in [-0.3, -0.25) is 9.59 Å². The summed E-state index contributed by atoms with van der Waals surface area (Å²) in [6.07, 6.45) is 1.52. The van der Waals surface area contributed by atoms with Crippen LogP contribution in [0, 0.1) is 0 Å². The first-order valence-corrected chi connectivity index (χ1v) is 9.58. The lowest BCUT2D eigenvalue weighted by Gasteiger charge is -2.12. The second-order valence-corrected chi connectivity index (χ2v) is 7.17. The number of amides is 2. The number of halogens is 1. The maximum atomic E-state index is 12.3. The van der Waals surface area contributed by atoms with E-state index in [0.717, 1.165) is 11.3 Å². The summed E-state index contributed by atoms with van der Waals surface area (Å²) in [5.41, 5.74) is 5.81. The lowest BCUT2D eigenvalue weighted by atomic mass is 10.2. The van der Waals surface area contributed by atoms with Crippen LogP contribution in [-0.4, -0.2) is 32.1 Å². The summed E-state index contributed by atoms with van der Waals surface area (Å²) < 4.78 is 0. The zero-order chi connectivity index (χ0) is 21.5. The summed E-state index contributed by atoms with van der Waals surface area (Å²) >= 11 is 5.85. The lowest BCUT2D eigenvalue weighted by Crippen LogP contribution is -2.18. The van der Waals surface area contributed by atoms with Gasteiger partial charge in [0, 0.05) is 41.6 Å². The Bertz CT molecular complexity index is 1080. The molecule has 0 saturated heterocycles. The van der Waals surface area contributed by atoms with Gasteiger partial charge in [-0.2, -0.15) is 5.10 Å². The van der Waals surface area contributed by atoms with Crippen molar-refractivity contribution in [2.45, 2.75) is 0 Å². The molecule has 0 saturated carbocycles. The van der Waals surface area contributed by atoms with Crippen molar-refractivity contribution >= 4 is 41.0 Å². The second-order valence-electron chi connectivity index (χ2n) is 6.73. The molecule has 30 heavy (non-hydrogen) atoms. The van der Waals surface area contributed by atoms with E-state index in [0.29, 0.717) is 21.8 Å². The molecule has 0 unspecified atom stereocenters. The molecule has 2 amide bonds. The van der Waals surface area contributed by atoms with Crippen LogP contribution in [0.4, 0.5) is 11.4 Å². The number of hydrogen-bond acceptors (Lipinski definition) is 4. The number of anilines is 2. The van der Waals surface area contributed by atoms with Gasteiger partial charge in [0.15, 0.2) is 0 Å². The number of carbonyl (C=O) groups excluding carboxylic acids is 2. The van der Waals surface area contributed by atoms with Crippen molar-refractivity contribution in [1.29, 1.82) is 0 Å². The number of hydrazone groups is 1. The van der Waals surface area contributed by atoms with E-state index < -0.39 is 0 Å². The Balaban J connectivity index is 1.62. The Morgan fingerprint density at radius 2 is 1.63 bits per heavy atom. The average molecular weight is 421 g/mol. The normalized spacial score (nSPS) is 10.6. The van der Waals surface area contributed by atoms with Gasteiger partial charge >= 0.3 is 0 Å². The summed E-state index contributed by atoms with van der Waals surface area (Å²) in [5, 5.41) is 7.41. The van der Waals surface area contributed by atoms with Crippen molar-refractivity contribution in [3.63, 3.8) is 0 Å². The van der Waals surface area contributed by atoms with Crippen LogP contribution in [0.2, 0.25) is 5.02 Å². The fraction of sp³-hybridized carbons (Fsp3) is 0.0870. The van der Waals surface area contributed by atoms with Crippen molar-refractivity contribution in [1.82, 2.24) is 5.43 Å². The molecule has 0 aliphatic heterocycles. The third-order valence-corrected chi connectivity index (χ3v) is 4.51. The van der Waals surface area contributed by atoms with Crippen LogP contribution in [-0.2, 0) is 0 Å². The third-order valence-electron chi connectivity index (χ3n) is 4.26. The molecule has 2 N–H and O–H groups in total. The van der Waals surface area contributed by atoms with E-state index in [9.17, 15) is 9.59 Å². The van der Waals surface area contributed by atoms with Crippen LogP contribution < -0.4 is 15.6 Å². The molecular weight excluding hydrogens is 400 g/mol. The monoisotopic (exact) mass is 420 g/mol. The summed E-state index contributed by atoms with van der Waals surface area (Å²) in [5.74, 6) is -0.544. The number of nitrogens with zero attached hydrogens (tertiary/aromatic N) is 2. The van der Waals surface area contributed by atoms with Crippen LogP contribution in [0.3, 0.4) is 0 Å². The molecule has 0 fully saturated rings. The predicted molar refractivity (Wildman–Crippen MR) is 122 cm³/mol. The highest BCUT2D eigenvalue weighted by Crippen LogP contribution is 2.15. The molecule has 0 atom stereocenters. The van der Waals surface area contributed by atoms with Crippen LogP contribution >= 0.6 is 11.6 Å². The van der Waals surface area contributed by atoms with Crippen LogP contribution in [0.1, 0.15) is 26.3 Å². The molecular formula is C23H21ClN4O2. The van der Waals surface area contributed by atoms with Crippen LogP contribution in [0.5, 0.6) is 0 Å².